The molecular weight excluding hydrogens is 289 g/mol. The van der Waals surface area contributed by atoms with Gasteiger partial charge in [-0.2, -0.15) is 0 Å². The van der Waals surface area contributed by atoms with Gasteiger partial charge in [-0.15, -0.1) is 0 Å². The Hall–Kier alpha value is -1.26. The van der Waals surface area contributed by atoms with Crippen molar-refractivity contribution in [3.8, 4) is 0 Å². The third-order valence-electron chi connectivity index (χ3n) is 3.21. The third kappa shape index (κ3) is 3.19. The summed E-state index contributed by atoms with van der Waals surface area (Å²) in [4.78, 5) is 24.8. The number of aliphatic carboxylic acids is 1. The molecule has 0 radical (unpaired) electrons. The van der Waals surface area contributed by atoms with Crippen molar-refractivity contribution >= 4 is 35.1 Å². The van der Waals surface area contributed by atoms with Gasteiger partial charge in [0.15, 0.2) is 0 Å². The maximum atomic E-state index is 12.4. The number of carbonyl (C=O) groups is 2. The summed E-state index contributed by atoms with van der Waals surface area (Å²) >= 11 is 11.8. The average Bonchev–Trinajstić information content (AvgIpc) is 2.75. The van der Waals surface area contributed by atoms with Gasteiger partial charge >= 0.3 is 5.97 Å². The van der Waals surface area contributed by atoms with E-state index in [4.69, 9.17) is 28.3 Å². The Morgan fingerprint density at radius 3 is 2.74 bits per heavy atom. The van der Waals surface area contributed by atoms with Crippen LogP contribution in [-0.4, -0.2) is 34.5 Å². The third-order valence-corrected chi connectivity index (χ3v) is 3.76. The van der Waals surface area contributed by atoms with E-state index in [0.29, 0.717) is 28.6 Å². The molecule has 1 atom stereocenters. The minimum atomic E-state index is -0.896. The summed E-state index contributed by atoms with van der Waals surface area (Å²) in [5, 5.41) is 9.61. The van der Waals surface area contributed by atoms with E-state index in [1.54, 1.807) is 17.0 Å². The highest BCUT2D eigenvalue weighted by Gasteiger charge is 2.31. The molecule has 0 aliphatic carbocycles. The van der Waals surface area contributed by atoms with Crippen LogP contribution in [0.4, 0.5) is 0 Å². The largest absolute Gasteiger partial charge is 0.481 e. The zero-order valence-electron chi connectivity index (χ0n) is 10.1. The van der Waals surface area contributed by atoms with Gasteiger partial charge in [-0.25, -0.2) is 0 Å². The van der Waals surface area contributed by atoms with E-state index in [1.165, 1.54) is 6.07 Å². The molecule has 1 heterocycles. The Morgan fingerprint density at radius 2 is 2.11 bits per heavy atom. The van der Waals surface area contributed by atoms with Crippen LogP contribution in [0, 0.1) is 0 Å². The van der Waals surface area contributed by atoms with Crippen LogP contribution in [0.5, 0.6) is 0 Å². The fraction of sp³-hybridized carbons (Fsp3) is 0.385. The molecule has 1 N–H and O–H groups in total. The van der Waals surface area contributed by atoms with Gasteiger partial charge in [0.1, 0.15) is 0 Å². The summed E-state index contributed by atoms with van der Waals surface area (Å²) in [6, 6.07) is 4.43. The van der Waals surface area contributed by atoms with Gasteiger partial charge in [-0.1, -0.05) is 23.2 Å². The lowest BCUT2D eigenvalue weighted by Gasteiger charge is -2.24. The molecule has 1 unspecified atom stereocenters. The van der Waals surface area contributed by atoms with Crippen molar-refractivity contribution in [2.75, 3.05) is 6.54 Å². The SMILES string of the molecule is O=C(O)CC1CCCN1C(=O)c1ccc(Cl)cc1Cl. The van der Waals surface area contributed by atoms with E-state index >= 15 is 0 Å². The maximum Gasteiger partial charge on any atom is 0.305 e. The van der Waals surface area contributed by atoms with Crippen molar-refractivity contribution in [2.45, 2.75) is 25.3 Å². The van der Waals surface area contributed by atoms with Gasteiger partial charge in [-0.3, -0.25) is 9.59 Å². The van der Waals surface area contributed by atoms with Crippen LogP contribution in [0.25, 0.3) is 0 Å². The topological polar surface area (TPSA) is 57.6 Å². The van der Waals surface area contributed by atoms with Crippen LogP contribution in [0.15, 0.2) is 18.2 Å². The summed E-state index contributed by atoms with van der Waals surface area (Å²) in [6.07, 6.45) is 1.50. The molecule has 1 aliphatic rings. The Bertz CT molecular complexity index is 519. The normalized spacial score (nSPS) is 18.6. The molecule has 19 heavy (non-hydrogen) atoms. The maximum absolute atomic E-state index is 12.4. The summed E-state index contributed by atoms with van der Waals surface area (Å²) in [5.41, 5.74) is 0.364. The Kier molecular flexibility index (Phi) is 4.32. The number of carboxylic acids is 1. The van der Waals surface area contributed by atoms with E-state index in [9.17, 15) is 9.59 Å². The first kappa shape index (κ1) is 14.2. The predicted octanol–water partition coefficient (Wildman–Crippen LogP) is 3.07. The van der Waals surface area contributed by atoms with Crippen LogP contribution in [-0.2, 0) is 4.79 Å². The van der Waals surface area contributed by atoms with Gasteiger partial charge in [0.2, 0.25) is 0 Å². The molecule has 6 heteroatoms. The predicted molar refractivity (Wildman–Crippen MR) is 72.8 cm³/mol. The number of carbonyl (C=O) groups excluding carboxylic acids is 1. The highest BCUT2D eigenvalue weighted by atomic mass is 35.5. The smallest absolute Gasteiger partial charge is 0.305 e. The summed E-state index contributed by atoms with van der Waals surface area (Å²) in [6.45, 7) is 0.565. The van der Waals surface area contributed by atoms with Gasteiger partial charge in [0.05, 0.1) is 17.0 Å². The molecule has 4 nitrogen and oxygen atoms in total. The van der Waals surface area contributed by atoms with Crippen molar-refractivity contribution in [3.63, 3.8) is 0 Å². The highest BCUT2D eigenvalue weighted by Crippen LogP contribution is 2.27. The lowest BCUT2D eigenvalue weighted by atomic mass is 10.1. The molecule has 1 amide bonds. The van der Waals surface area contributed by atoms with Gasteiger partial charge in [-0.05, 0) is 31.0 Å². The van der Waals surface area contributed by atoms with Crippen molar-refractivity contribution in [1.82, 2.24) is 4.90 Å². The van der Waals surface area contributed by atoms with Crippen LogP contribution in [0.3, 0.4) is 0 Å². The standard InChI is InChI=1S/C13H13Cl2NO3/c14-8-3-4-10(11(15)6-8)13(19)16-5-1-2-9(16)7-12(17)18/h3-4,6,9H,1-2,5,7H2,(H,17,18). The van der Waals surface area contributed by atoms with E-state index < -0.39 is 5.97 Å². The number of carboxylic acid groups (broad SMARTS) is 1. The summed E-state index contributed by atoms with van der Waals surface area (Å²) < 4.78 is 0. The first-order valence-corrected chi connectivity index (χ1v) is 6.72. The fourth-order valence-electron chi connectivity index (χ4n) is 2.33. The van der Waals surface area contributed by atoms with Crippen LogP contribution in [0.2, 0.25) is 10.0 Å². The van der Waals surface area contributed by atoms with E-state index in [1.807, 2.05) is 0 Å². The number of hydrogen-bond acceptors (Lipinski definition) is 2. The lowest BCUT2D eigenvalue weighted by Crippen LogP contribution is -2.37. The number of nitrogens with zero attached hydrogens (tertiary/aromatic N) is 1. The van der Waals surface area contributed by atoms with Crippen molar-refractivity contribution in [3.05, 3.63) is 33.8 Å². The number of hydrogen-bond donors (Lipinski definition) is 1. The molecule has 1 aliphatic heterocycles. The molecule has 2 rings (SSSR count). The number of amides is 1. The second kappa shape index (κ2) is 5.80. The average molecular weight is 302 g/mol. The molecule has 0 bridgehead atoms. The lowest BCUT2D eigenvalue weighted by molar-refractivity contribution is -0.137. The fourth-order valence-corrected chi connectivity index (χ4v) is 2.82. The monoisotopic (exact) mass is 301 g/mol. The van der Waals surface area contributed by atoms with Crippen molar-refractivity contribution in [2.24, 2.45) is 0 Å². The Labute approximate surface area is 120 Å². The zero-order chi connectivity index (χ0) is 14.0. The van der Waals surface area contributed by atoms with Crippen LogP contribution < -0.4 is 0 Å². The molecule has 1 aromatic carbocycles. The second-order valence-electron chi connectivity index (χ2n) is 4.52. The minimum Gasteiger partial charge on any atom is -0.481 e. The number of rotatable bonds is 3. The number of halogens is 2. The number of likely N-dealkylation sites (tertiary alicyclic amines) is 1. The minimum absolute atomic E-state index is 0.0308. The van der Waals surface area contributed by atoms with Gasteiger partial charge < -0.3 is 10.0 Å². The summed E-state index contributed by atoms with van der Waals surface area (Å²) in [7, 11) is 0. The molecule has 102 valence electrons. The van der Waals surface area contributed by atoms with Crippen LogP contribution in [0.1, 0.15) is 29.6 Å². The van der Waals surface area contributed by atoms with Crippen molar-refractivity contribution < 1.29 is 14.7 Å². The quantitative estimate of drug-likeness (QED) is 0.933. The zero-order valence-corrected chi connectivity index (χ0v) is 11.6. The highest BCUT2D eigenvalue weighted by molar-refractivity contribution is 6.36. The molecular formula is C13H13Cl2NO3. The van der Waals surface area contributed by atoms with E-state index in [0.717, 1.165) is 6.42 Å². The molecule has 0 spiro atoms. The van der Waals surface area contributed by atoms with Crippen molar-refractivity contribution in [1.29, 1.82) is 0 Å². The van der Waals surface area contributed by atoms with Gasteiger partial charge in [0, 0.05) is 17.6 Å². The van der Waals surface area contributed by atoms with E-state index in [2.05, 4.69) is 0 Å². The first-order valence-electron chi connectivity index (χ1n) is 5.97. The number of benzene rings is 1. The van der Waals surface area contributed by atoms with E-state index in [-0.39, 0.29) is 18.4 Å². The molecule has 1 aromatic rings. The molecule has 0 saturated carbocycles. The Balaban J connectivity index is 2.20. The molecule has 1 saturated heterocycles. The summed E-state index contributed by atoms with van der Waals surface area (Å²) in [5.74, 6) is -1.13. The second-order valence-corrected chi connectivity index (χ2v) is 5.36. The molecule has 0 aromatic heterocycles. The Morgan fingerprint density at radius 1 is 1.37 bits per heavy atom. The first-order chi connectivity index (χ1) is 8.99. The van der Waals surface area contributed by atoms with Crippen LogP contribution >= 0.6 is 23.2 Å². The van der Waals surface area contributed by atoms with Gasteiger partial charge in [0.25, 0.3) is 5.91 Å². The molecule has 1 fully saturated rings.